The van der Waals surface area contributed by atoms with Crippen molar-refractivity contribution < 1.29 is 23.9 Å². The van der Waals surface area contributed by atoms with Crippen molar-refractivity contribution in [3.05, 3.63) is 47.2 Å². The van der Waals surface area contributed by atoms with Crippen molar-refractivity contribution >= 4 is 17.7 Å². The van der Waals surface area contributed by atoms with Gasteiger partial charge in [-0.05, 0) is 39.2 Å². The Labute approximate surface area is 165 Å². The lowest BCUT2D eigenvalue weighted by Gasteiger charge is -2.29. The quantitative estimate of drug-likeness (QED) is 0.594. The normalized spacial score (nSPS) is 15.8. The Morgan fingerprint density at radius 3 is 2.36 bits per heavy atom. The van der Waals surface area contributed by atoms with Crippen LogP contribution in [-0.2, 0) is 19.1 Å². The maximum Gasteiger partial charge on any atom is 0.428 e. The molecule has 0 bridgehead atoms. The van der Waals surface area contributed by atoms with E-state index >= 15 is 0 Å². The first-order valence-corrected chi connectivity index (χ1v) is 9.25. The van der Waals surface area contributed by atoms with Crippen LogP contribution in [-0.4, -0.2) is 42.4 Å². The van der Waals surface area contributed by atoms with Gasteiger partial charge in [0.05, 0.1) is 5.57 Å². The van der Waals surface area contributed by atoms with Gasteiger partial charge in [-0.3, -0.25) is 15.0 Å². The number of ether oxygens (including phenoxy) is 2. The third-order valence-electron chi connectivity index (χ3n) is 4.20. The molecule has 1 unspecified atom stereocenters. The van der Waals surface area contributed by atoms with E-state index in [0.717, 1.165) is 5.01 Å². The summed E-state index contributed by atoms with van der Waals surface area (Å²) in [7, 11) is 2.93. The van der Waals surface area contributed by atoms with Gasteiger partial charge in [0.2, 0.25) is 5.78 Å². The lowest BCUT2D eigenvalue weighted by Crippen LogP contribution is -2.44. The Morgan fingerprint density at radius 2 is 1.79 bits per heavy atom. The van der Waals surface area contributed by atoms with E-state index in [4.69, 9.17) is 9.47 Å². The second-order valence-corrected chi connectivity index (χ2v) is 7.67. The Kier molecular flexibility index (Phi) is 6.96. The average Bonchev–Trinajstić information content (AvgIpc) is 2.61. The topological polar surface area (TPSA) is 84.9 Å². The molecule has 1 N–H and O–H groups in total. The molecule has 0 aliphatic heterocycles. The number of carbonyl (C=O) groups is 3. The zero-order valence-electron chi connectivity index (χ0n) is 17.1. The van der Waals surface area contributed by atoms with Crippen LogP contribution in [0.25, 0.3) is 0 Å². The van der Waals surface area contributed by atoms with Crippen LogP contribution in [0.3, 0.4) is 0 Å². The lowest BCUT2D eigenvalue weighted by molar-refractivity contribution is -0.128. The maximum absolute atomic E-state index is 13.2. The summed E-state index contributed by atoms with van der Waals surface area (Å²) < 4.78 is 10.7. The van der Waals surface area contributed by atoms with E-state index in [2.05, 4.69) is 5.43 Å². The van der Waals surface area contributed by atoms with Gasteiger partial charge >= 0.3 is 6.09 Å². The fourth-order valence-electron chi connectivity index (χ4n) is 2.97. The number of hydrogen-bond acceptors (Lipinski definition) is 6. The number of methoxy groups -OCH3 is 1. The molecule has 7 heteroatoms. The van der Waals surface area contributed by atoms with Gasteiger partial charge in [-0.1, -0.05) is 30.3 Å². The number of benzene rings is 1. The summed E-state index contributed by atoms with van der Waals surface area (Å²) in [5.74, 6) is -0.673. The van der Waals surface area contributed by atoms with Crippen molar-refractivity contribution in [2.75, 3.05) is 14.2 Å². The molecule has 0 saturated carbocycles. The molecule has 0 saturated heterocycles. The van der Waals surface area contributed by atoms with Gasteiger partial charge in [0.15, 0.2) is 5.78 Å². The first-order chi connectivity index (χ1) is 13.1. The van der Waals surface area contributed by atoms with Gasteiger partial charge in [0.1, 0.15) is 11.7 Å². The van der Waals surface area contributed by atoms with Crippen molar-refractivity contribution in [1.82, 2.24) is 10.4 Å². The predicted octanol–water partition coefficient (Wildman–Crippen LogP) is 3.32. The number of amides is 1. The van der Waals surface area contributed by atoms with Crippen molar-refractivity contribution in [3.63, 3.8) is 0 Å². The molecule has 7 nitrogen and oxygen atoms in total. The minimum atomic E-state index is -0.887. The molecule has 0 fully saturated rings. The first kappa shape index (κ1) is 21.6. The number of Topliss-reactive ketones (excluding diaryl/α,β-unsaturated/α-hetero) is 2. The largest absolute Gasteiger partial charge is 0.442 e. The van der Waals surface area contributed by atoms with Crippen molar-refractivity contribution in [1.29, 1.82) is 0 Å². The fraction of sp³-hybridized carbons (Fsp3) is 0.476. The zero-order chi connectivity index (χ0) is 20.9. The number of nitrogens with one attached hydrogen (secondary N) is 1. The van der Waals surface area contributed by atoms with E-state index < -0.39 is 23.6 Å². The van der Waals surface area contributed by atoms with E-state index in [9.17, 15) is 14.4 Å². The highest BCUT2D eigenvalue weighted by Crippen LogP contribution is 2.28. The molecule has 2 rings (SSSR count). The highest BCUT2D eigenvalue weighted by Gasteiger charge is 2.33. The second kappa shape index (κ2) is 9.01. The van der Waals surface area contributed by atoms with Crippen LogP contribution in [0.1, 0.15) is 51.7 Å². The predicted molar refractivity (Wildman–Crippen MR) is 104 cm³/mol. The van der Waals surface area contributed by atoms with Crippen LogP contribution in [0, 0.1) is 0 Å². The van der Waals surface area contributed by atoms with Crippen LogP contribution < -0.4 is 5.43 Å². The van der Waals surface area contributed by atoms with E-state index in [1.54, 1.807) is 45.0 Å². The van der Waals surface area contributed by atoms with Crippen LogP contribution >= 0.6 is 0 Å². The molecule has 0 aromatic heterocycles. The minimum Gasteiger partial charge on any atom is -0.442 e. The van der Waals surface area contributed by atoms with Gasteiger partial charge in [-0.2, -0.15) is 0 Å². The molecule has 1 amide bonds. The van der Waals surface area contributed by atoms with E-state index in [-0.39, 0.29) is 17.8 Å². The zero-order valence-corrected chi connectivity index (χ0v) is 17.1. The van der Waals surface area contributed by atoms with Crippen molar-refractivity contribution in [2.45, 2.75) is 51.7 Å². The number of allylic oxidation sites excluding steroid dienone is 1. The monoisotopic (exact) mass is 388 g/mol. The Hall–Kier alpha value is -2.67. The van der Waals surface area contributed by atoms with E-state index in [0.29, 0.717) is 24.1 Å². The first-order valence-electron chi connectivity index (χ1n) is 9.25. The van der Waals surface area contributed by atoms with Crippen molar-refractivity contribution in [3.8, 4) is 0 Å². The highest BCUT2D eigenvalue weighted by molar-refractivity contribution is 6.22. The summed E-state index contributed by atoms with van der Waals surface area (Å²) >= 11 is 0. The Balaban J connectivity index is 2.30. The maximum atomic E-state index is 13.2. The molecule has 152 valence electrons. The van der Waals surface area contributed by atoms with E-state index in [1.165, 1.54) is 14.2 Å². The van der Waals surface area contributed by atoms with Gasteiger partial charge in [-0.25, -0.2) is 9.80 Å². The molecule has 0 radical (unpaired) electrons. The summed E-state index contributed by atoms with van der Waals surface area (Å²) in [6.07, 6.45) is -0.125. The van der Waals surface area contributed by atoms with Gasteiger partial charge in [-0.15, -0.1) is 0 Å². The van der Waals surface area contributed by atoms with E-state index in [1.807, 2.05) is 6.07 Å². The number of hydrazine groups is 1. The van der Waals surface area contributed by atoms with Gasteiger partial charge < -0.3 is 9.47 Å². The molecule has 1 atom stereocenters. The van der Waals surface area contributed by atoms with Gasteiger partial charge in [0, 0.05) is 26.3 Å². The average molecular weight is 388 g/mol. The van der Waals surface area contributed by atoms with Crippen LogP contribution in [0.15, 0.2) is 41.6 Å². The molecule has 1 aromatic carbocycles. The molecule has 1 aliphatic carbocycles. The SMILES string of the molecule is COC(C(=O)C1=C(NN(C)C(=O)OC(C)(C)C)CCCC1=O)c1ccccc1. The number of ketones is 2. The number of carbonyl (C=O) groups excluding carboxylic acids is 3. The van der Waals surface area contributed by atoms with Crippen LogP contribution in [0.5, 0.6) is 0 Å². The van der Waals surface area contributed by atoms with Crippen LogP contribution in [0.4, 0.5) is 4.79 Å². The molecule has 0 spiro atoms. The standard InChI is InChI=1S/C21H28N2O5/c1-21(2,3)28-20(26)23(4)22-15-12-9-13-16(24)17(15)18(25)19(27-5)14-10-7-6-8-11-14/h6-8,10-11,19,22H,9,12-13H2,1-5H3. The summed E-state index contributed by atoms with van der Waals surface area (Å²) in [6, 6.07) is 9.01. The third-order valence-corrected chi connectivity index (χ3v) is 4.20. The molecular weight excluding hydrogens is 360 g/mol. The number of hydrogen-bond donors (Lipinski definition) is 1. The summed E-state index contributed by atoms with van der Waals surface area (Å²) in [6.45, 7) is 5.29. The molecule has 0 heterocycles. The number of nitrogens with zero attached hydrogens (tertiary/aromatic N) is 1. The Bertz CT molecular complexity index is 765. The summed E-state index contributed by atoms with van der Waals surface area (Å²) in [4.78, 5) is 37.9. The molecule has 1 aromatic rings. The van der Waals surface area contributed by atoms with Gasteiger partial charge in [0.25, 0.3) is 0 Å². The highest BCUT2D eigenvalue weighted by atomic mass is 16.6. The summed E-state index contributed by atoms with van der Waals surface area (Å²) in [5, 5.41) is 1.15. The number of rotatable bonds is 6. The molecular formula is C21H28N2O5. The molecule has 1 aliphatic rings. The minimum absolute atomic E-state index is 0.0531. The fourth-order valence-corrected chi connectivity index (χ4v) is 2.97. The lowest BCUT2D eigenvalue weighted by atomic mass is 9.88. The Morgan fingerprint density at radius 1 is 1.14 bits per heavy atom. The van der Waals surface area contributed by atoms with Crippen molar-refractivity contribution in [2.24, 2.45) is 0 Å². The summed E-state index contributed by atoms with van der Waals surface area (Å²) in [5.41, 5.74) is 3.35. The van der Waals surface area contributed by atoms with Crippen LogP contribution in [0.2, 0.25) is 0 Å². The smallest absolute Gasteiger partial charge is 0.428 e. The second-order valence-electron chi connectivity index (χ2n) is 7.67. The molecule has 28 heavy (non-hydrogen) atoms. The third kappa shape index (κ3) is 5.42.